The standard InChI is InChI=1S/C18H25N3O4S/c1-14(22)20-9-5-6-15(13-20)18(23)19-16-7-4-8-17(12-16)26(24,25)21-10-2-3-11-21/h4,7-8,12,15H,2-3,5-6,9-11,13H2,1H3,(H,19,23)/t15-/m0/s1. The van der Waals surface area contributed by atoms with Gasteiger partial charge in [0.25, 0.3) is 0 Å². The molecule has 26 heavy (non-hydrogen) atoms. The van der Waals surface area contributed by atoms with Crippen molar-refractivity contribution in [2.45, 2.75) is 37.5 Å². The first kappa shape index (κ1) is 18.8. The fraction of sp³-hybridized carbons (Fsp3) is 0.556. The molecule has 0 unspecified atom stereocenters. The molecular formula is C18H25N3O4S. The number of carbonyl (C=O) groups excluding carboxylic acids is 2. The number of sulfonamides is 1. The van der Waals surface area contributed by atoms with Gasteiger partial charge in [-0.25, -0.2) is 8.42 Å². The van der Waals surface area contributed by atoms with E-state index in [4.69, 9.17) is 0 Å². The number of piperidine rings is 1. The summed E-state index contributed by atoms with van der Waals surface area (Å²) in [6, 6.07) is 6.40. The molecule has 2 heterocycles. The lowest BCUT2D eigenvalue weighted by Crippen LogP contribution is -2.42. The Morgan fingerprint density at radius 2 is 1.85 bits per heavy atom. The zero-order valence-electron chi connectivity index (χ0n) is 15.0. The molecule has 2 saturated heterocycles. The summed E-state index contributed by atoms with van der Waals surface area (Å²) >= 11 is 0. The van der Waals surface area contributed by atoms with Crippen molar-refractivity contribution < 1.29 is 18.0 Å². The van der Waals surface area contributed by atoms with Gasteiger partial charge in [0.1, 0.15) is 0 Å². The topological polar surface area (TPSA) is 86.8 Å². The van der Waals surface area contributed by atoms with Gasteiger partial charge in [0, 0.05) is 38.8 Å². The molecule has 2 aliphatic rings. The summed E-state index contributed by atoms with van der Waals surface area (Å²) in [5.74, 6) is -0.473. The van der Waals surface area contributed by atoms with Crippen molar-refractivity contribution in [1.29, 1.82) is 0 Å². The average Bonchev–Trinajstić information content (AvgIpc) is 3.17. The first-order chi connectivity index (χ1) is 12.4. The van der Waals surface area contributed by atoms with Gasteiger partial charge in [-0.05, 0) is 43.9 Å². The Hall–Kier alpha value is -1.93. The van der Waals surface area contributed by atoms with Crippen LogP contribution in [0.2, 0.25) is 0 Å². The van der Waals surface area contributed by atoms with Crippen molar-refractivity contribution in [3.05, 3.63) is 24.3 Å². The Labute approximate surface area is 154 Å². The number of anilines is 1. The third-order valence-electron chi connectivity index (χ3n) is 5.04. The molecule has 2 amide bonds. The number of benzene rings is 1. The maximum atomic E-state index is 12.7. The maximum absolute atomic E-state index is 12.7. The Kier molecular flexibility index (Phi) is 5.62. The number of likely N-dealkylation sites (tertiary alicyclic amines) is 1. The van der Waals surface area contributed by atoms with Crippen molar-refractivity contribution in [1.82, 2.24) is 9.21 Å². The highest BCUT2D eigenvalue weighted by Gasteiger charge is 2.29. The fourth-order valence-corrected chi connectivity index (χ4v) is 5.10. The van der Waals surface area contributed by atoms with Crippen molar-refractivity contribution >= 4 is 27.5 Å². The first-order valence-electron chi connectivity index (χ1n) is 9.04. The van der Waals surface area contributed by atoms with E-state index in [-0.39, 0.29) is 22.6 Å². The molecule has 1 N–H and O–H groups in total. The number of hydrogen-bond acceptors (Lipinski definition) is 4. The zero-order chi connectivity index (χ0) is 18.7. The summed E-state index contributed by atoms with van der Waals surface area (Å²) in [5.41, 5.74) is 0.468. The van der Waals surface area contributed by atoms with E-state index in [2.05, 4.69) is 5.32 Å². The smallest absolute Gasteiger partial charge is 0.243 e. The van der Waals surface area contributed by atoms with Gasteiger partial charge >= 0.3 is 0 Å². The molecule has 2 aliphatic heterocycles. The second-order valence-corrected chi connectivity index (χ2v) is 8.87. The molecule has 0 radical (unpaired) electrons. The molecule has 2 fully saturated rings. The van der Waals surface area contributed by atoms with E-state index in [0.717, 1.165) is 25.7 Å². The predicted molar refractivity (Wildman–Crippen MR) is 98.0 cm³/mol. The van der Waals surface area contributed by atoms with Gasteiger partial charge in [-0.3, -0.25) is 9.59 Å². The minimum atomic E-state index is -3.51. The minimum Gasteiger partial charge on any atom is -0.342 e. The molecule has 0 saturated carbocycles. The quantitative estimate of drug-likeness (QED) is 0.862. The van der Waals surface area contributed by atoms with Crippen molar-refractivity contribution in [3.63, 3.8) is 0 Å². The van der Waals surface area contributed by atoms with Gasteiger partial charge in [0.2, 0.25) is 21.8 Å². The van der Waals surface area contributed by atoms with Crippen LogP contribution in [-0.2, 0) is 19.6 Å². The molecule has 1 atom stereocenters. The van der Waals surface area contributed by atoms with Crippen LogP contribution in [0.3, 0.4) is 0 Å². The van der Waals surface area contributed by atoms with Crippen LogP contribution in [-0.4, -0.2) is 55.6 Å². The van der Waals surface area contributed by atoms with Crippen LogP contribution in [0.15, 0.2) is 29.2 Å². The van der Waals surface area contributed by atoms with E-state index in [1.807, 2.05) is 0 Å². The Balaban J connectivity index is 1.70. The second kappa shape index (κ2) is 7.75. The third-order valence-corrected chi connectivity index (χ3v) is 6.94. The molecule has 142 valence electrons. The van der Waals surface area contributed by atoms with Gasteiger partial charge in [-0.15, -0.1) is 0 Å². The highest BCUT2D eigenvalue weighted by Crippen LogP contribution is 2.24. The SMILES string of the molecule is CC(=O)N1CCC[C@H](C(=O)Nc2cccc(S(=O)(=O)N3CCCC3)c2)C1. The summed E-state index contributed by atoms with van der Waals surface area (Å²) < 4.78 is 26.8. The predicted octanol–water partition coefficient (Wildman–Crippen LogP) is 1.67. The molecule has 0 aromatic heterocycles. The Bertz CT molecular complexity index is 787. The average molecular weight is 379 g/mol. The maximum Gasteiger partial charge on any atom is 0.243 e. The van der Waals surface area contributed by atoms with E-state index < -0.39 is 10.0 Å². The number of hydrogen-bond donors (Lipinski definition) is 1. The molecule has 0 spiro atoms. The van der Waals surface area contributed by atoms with Crippen LogP contribution >= 0.6 is 0 Å². The number of rotatable bonds is 4. The Morgan fingerprint density at radius 3 is 2.54 bits per heavy atom. The molecule has 0 bridgehead atoms. The molecule has 0 aliphatic carbocycles. The Morgan fingerprint density at radius 1 is 1.12 bits per heavy atom. The summed E-state index contributed by atoms with van der Waals surface area (Å²) in [5, 5.41) is 2.81. The molecule has 1 aromatic rings. The normalized spacial score (nSPS) is 21.6. The number of amides is 2. The van der Waals surface area contributed by atoms with Crippen LogP contribution in [0.4, 0.5) is 5.69 Å². The highest BCUT2D eigenvalue weighted by molar-refractivity contribution is 7.89. The number of nitrogens with zero attached hydrogens (tertiary/aromatic N) is 2. The van der Waals surface area contributed by atoms with E-state index in [9.17, 15) is 18.0 Å². The van der Waals surface area contributed by atoms with Gasteiger partial charge in [0.05, 0.1) is 10.8 Å². The summed E-state index contributed by atoms with van der Waals surface area (Å²) in [6.07, 6.45) is 3.27. The second-order valence-electron chi connectivity index (χ2n) is 6.93. The molecule has 1 aromatic carbocycles. The van der Waals surface area contributed by atoms with Crippen LogP contribution in [0.5, 0.6) is 0 Å². The monoisotopic (exact) mass is 379 g/mol. The summed E-state index contributed by atoms with van der Waals surface area (Å²) in [4.78, 5) is 26.0. The molecular weight excluding hydrogens is 354 g/mol. The van der Waals surface area contributed by atoms with E-state index in [0.29, 0.717) is 31.9 Å². The fourth-order valence-electron chi connectivity index (χ4n) is 3.53. The van der Waals surface area contributed by atoms with Gasteiger partial charge in [0.15, 0.2) is 0 Å². The van der Waals surface area contributed by atoms with Gasteiger partial charge < -0.3 is 10.2 Å². The highest BCUT2D eigenvalue weighted by atomic mass is 32.2. The largest absolute Gasteiger partial charge is 0.342 e. The molecule has 3 rings (SSSR count). The molecule has 8 heteroatoms. The number of nitrogens with one attached hydrogen (secondary N) is 1. The van der Waals surface area contributed by atoms with Gasteiger partial charge in [-0.1, -0.05) is 6.07 Å². The minimum absolute atomic E-state index is 0.0267. The van der Waals surface area contributed by atoms with Crippen LogP contribution < -0.4 is 5.32 Å². The zero-order valence-corrected chi connectivity index (χ0v) is 15.8. The van der Waals surface area contributed by atoms with Gasteiger partial charge in [-0.2, -0.15) is 4.31 Å². The van der Waals surface area contributed by atoms with Crippen LogP contribution in [0.1, 0.15) is 32.6 Å². The van der Waals surface area contributed by atoms with Crippen LogP contribution in [0.25, 0.3) is 0 Å². The van der Waals surface area contributed by atoms with Crippen LogP contribution in [0, 0.1) is 5.92 Å². The van der Waals surface area contributed by atoms with Crippen molar-refractivity contribution in [3.8, 4) is 0 Å². The lowest BCUT2D eigenvalue weighted by Gasteiger charge is -2.31. The molecule has 7 nitrogen and oxygen atoms in total. The summed E-state index contributed by atoms with van der Waals surface area (Å²) in [7, 11) is -3.51. The van der Waals surface area contributed by atoms with E-state index in [1.54, 1.807) is 23.1 Å². The third kappa shape index (κ3) is 4.07. The van der Waals surface area contributed by atoms with E-state index in [1.165, 1.54) is 17.3 Å². The van der Waals surface area contributed by atoms with E-state index >= 15 is 0 Å². The van der Waals surface area contributed by atoms with Crippen molar-refractivity contribution in [2.24, 2.45) is 5.92 Å². The van der Waals surface area contributed by atoms with Crippen molar-refractivity contribution in [2.75, 3.05) is 31.5 Å². The summed E-state index contributed by atoms with van der Waals surface area (Å²) in [6.45, 7) is 3.69. The number of carbonyl (C=O) groups is 2. The first-order valence-corrected chi connectivity index (χ1v) is 10.5. The lowest BCUT2D eigenvalue weighted by atomic mass is 9.97. The lowest BCUT2D eigenvalue weighted by molar-refractivity contribution is -0.132.